The SMILES string of the molecule is Cc1nn(Cc2cccc(F)c2)c(C)c1NC(=S)Nc1ccc(S(=O)(=O)Nc2ncccn2)cc1. The lowest BCUT2D eigenvalue weighted by atomic mass is 10.2. The minimum atomic E-state index is -3.83. The van der Waals surface area contributed by atoms with Crippen molar-refractivity contribution in [2.75, 3.05) is 15.4 Å². The van der Waals surface area contributed by atoms with Crippen LogP contribution >= 0.6 is 12.2 Å². The molecular weight excluding hydrogens is 489 g/mol. The minimum absolute atomic E-state index is 0.0104. The molecule has 0 radical (unpaired) electrons. The Morgan fingerprint density at radius 3 is 2.43 bits per heavy atom. The molecule has 4 aromatic rings. The largest absolute Gasteiger partial charge is 0.332 e. The Labute approximate surface area is 207 Å². The average Bonchev–Trinajstić information content (AvgIpc) is 3.07. The molecule has 0 saturated carbocycles. The van der Waals surface area contributed by atoms with Crippen LogP contribution in [0.25, 0.3) is 0 Å². The summed E-state index contributed by atoms with van der Waals surface area (Å²) < 4.78 is 42.7. The Morgan fingerprint density at radius 2 is 1.74 bits per heavy atom. The number of anilines is 3. The lowest BCUT2D eigenvalue weighted by molar-refractivity contribution is 0.601. The highest BCUT2D eigenvalue weighted by Gasteiger charge is 2.16. The molecule has 2 aromatic heterocycles. The number of thiocarbonyl (C=S) groups is 1. The molecule has 2 heterocycles. The lowest BCUT2D eigenvalue weighted by Crippen LogP contribution is -2.20. The van der Waals surface area contributed by atoms with Crippen molar-refractivity contribution in [2.45, 2.75) is 25.3 Å². The molecule has 0 aliphatic carbocycles. The first-order valence-electron chi connectivity index (χ1n) is 10.5. The fraction of sp³-hybridized carbons (Fsp3) is 0.130. The van der Waals surface area contributed by atoms with Crippen LogP contribution in [0.15, 0.2) is 71.9 Å². The number of nitrogens with one attached hydrogen (secondary N) is 3. The van der Waals surface area contributed by atoms with Gasteiger partial charge in [0.15, 0.2) is 5.11 Å². The van der Waals surface area contributed by atoms with Crippen LogP contribution in [0.4, 0.5) is 21.7 Å². The number of halogens is 1. The van der Waals surface area contributed by atoms with Gasteiger partial charge in [0.25, 0.3) is 10.0 Å². The van der Waals surface area contributed by atoms with Crippen LogP contribution in [0, 0.1) is 19.7 Å². The molecule has 180 valence electrons. The summed E-state index contributed by atoms with van der Waals surface area (Å²) in [5, 5.41) is 11.0. The monoisotopic (exact) mass is 511 g/mol. The van der Waals surface area contributed by atoms with Crippen molar-refractivity contribution >= 4 is 44.7 Å². The normalized spacial score (nSPS) is 11.2. The van der Waals surface area contributed by atoms with E-state index < -0.39 is 10.0 Å². The second kappa shape index (κ2) is 10.2. The first kappa shape index (κ1) is 24.2. The predicted octanol–water partition coefficient (Wildman–Crippen LogP) is 4.09. The zero-order valence-electron chi connectivity index (χ0n) is 18.9. The van der Waals surface area contributed by atoms with Crippen LogP contribution < -0.4 is 15.4 Å². The third-order valence-electron chi connectivity index (χ3n) is 5.06. The standard InChI is InChI=1S/C23H22FN7O2S2/c1-15-21(16(2)31(29-15)14-17-5-3-6-18(24)13-17)28-23(34)27-19-7-9-20(10-8-19)35(32,33)30-22-25-11-4-12-26-22/h3-13H,14H2,1-2H3,(H,25,26,30)(H2,27,28,34). The topological polar surface area (TPSA) is 114 Å². The number of aromatic nitrogens is 4. The molecular formula is C23H22FN7O2S2. The van der Waals surface area contributed by atoms with Gasteiger partial charge in [-0.15, -0.1) is 0 Å². The predicted molar refractivity (Wildman–Crippen MR) is 136 cm³/mol. The van der Waals surface area contributed by atoms with Gasteiger partial charge in [-0.3, -0.25) is 4.68 Å². The Kier molecular flexibility index (Phi) is 7.03. The number of nitrogens with zero attached hydrogens (tertiary/aromatic N) is 4. The Hall–Kier alpha value is -3.90. The van der Waals surface area contributed by atoms with Crippen LogP contribution in [-0.2, 0) is 16.6 Å². The van der Waals surface area contributed by atoms with E-state index in [1.807, 2.05) is 19.9 Å². The van der Waals surface area contributed by atoms with Gasteiger partial charge in [0.05, 0.1) is 28.5 Å². The molecule has 4 rings (SSSR count). The molecule has 0 atom stereocenters. The molecule has 0 bridgehead atoms. The maximum Gasteiger partial charge on any atom is 0.264 e. The van der Waals surface area contributed by atoms with Crippen molar-refractivity contribution < 1.29 is 12.8 Å². The van der Waals surface area contributed by atoms with E-state index in [0.29, 0.717) is 17.3 Å². The molecule has 2 aromatic carbocycles. The Morgan fingerprint density at radius 1 is 1.03 bits per heavy atom. The van der Waals surface area contributed by atoms with Crippen LogP contribution in [0.2, 0.25) is 0 Å². The molecule has 0 aliphatic heterocycles. The molecule has 35 heavy (non-hydrogen) atoms. The molecule has 3 N–H and O–H groups in total. The van der Waals surface area contributed by atoms with E-state index in [1.165, 1.54) is 36.7 Å². The van der Waals surface area contributed by atoms with Gasteiger partial charge in [0.2, 0.25) is 5.95 Å². The van der Waals surface area contributed by atoms with Gasteiger partial charge >= 0.3 is 0 Å². The summed E-state index contributed by atoms with van der Waals surface area (Å²) in [6, 6.07) is 14.1. The molecule has 0 amide bonds. The second-order valence-electron chi connectivity index (χ2n) is 7.61. The minimum Gasteiger partial charge on any atom is -0.332 e. The Balaban J connectivity index is 1.41. The quantitative estimate of drug-likeness (QED) is 0.318. The third-order valence-corrected chi connectivity index (χ3v) is 6.60. The molecule has 9 nitrogen and oxygen atoms in total. The van der Waals surface area contributed by atoms with Crippen LogP contribution in [-0.4, -0.2) is 33.3 Å². The number of hydrogen-bond acceptors (Lipinski definition) is 6. The smallest absolute Gasteiger partial charge is 0.264 e. The van der Waals surface area contributed by atoms with E-state index >= 15 is 0 Å². The van der Waals surface area contributed by atoms with E-state index in [4.69, 9.17) is 12.2 Å². The fourth-order valence-electron chi connectivity index (χ4n) is 3.36. The molecule has 0 aliphatic rings. The molecule has 0 spiro atoms. The van der Waals surface area contributed by atoms with Gasteiger partial charge in [-0.05, 0) is 74.1 Å². The zero-order valence-corrected chi connectivity index (χ0v) is 20.5. The third kappa shape index (κ3) is 5.97. The van der Waals surface area contributed by atoms with E-state index in [-0.39, 0.29) is 16.7 Å². The maximum atomic E-state index is 13.5. The van der Waals surface area contributed by atoms with Crippen molar-refractivity contribution in [3.8, 4) is 0 Å². The van der Waals surface area contributed by atoms with Crippen molar-refractivity contribution in [3.05, 3.63) is 89.8 Å². The molecule has 12 heteroatoms. The summed E-state index contributed by atoms with van der Waals surface area (Å²) in [4.78, 5) is 7.79. The van der Waals surface area contributed by atoms with Crippen LogP contribution in [0.3, 0.4) is 0 Å². The Bertz CT molecular complexity index is 1460. The summed E-state index contributed by atoms with van der Waals surface area (Å²) in [5.74, 6) is -0.306. The van der Waals surface area contributed by atoms with E-state index in [1.54, 1.807) is 28.9 Å². The number of rotatable bonds is 7. The van der Waals surface area contributed by atoms with Gasteiger partial charge in [-0.2, -0.15) is 5.10 Å². The van der Waals surface area contributed by atoms with Gasteiger partial charge in [0, 0.05) is 18.1 Å². The molecule has 0 unspecified atom stereocenters. The highest BCUT2D eigenvalue weighted by molar-refractivity contribution is 7.92. The number of hydrogen-bond donors (Lipinski definition) is 3. The zero-order chi connectivity index (χ0) is 25.0. The van der Waals surface area contributed by atoms with E-state index in [9.17, 15) is 12.8 Å². The number of benzene rings is 2. The highest BCUT2D eigenvalue weighted by Crippen LogP contribution is 2.22. The van der Waals surface area contributed by atoms with Gasteiger partial charge in [-0.1, -0.05) is 12.1 Å². The summed E-state index contributed by atoms with van der Waals surface area (Å²) in [5.41, 5.74) is 3.71. The number of sulfonamides is 1. The van der Waals surface area contributed by atoms with E-state index in [0.717, 1.165) is 22.6 Å². The maximum absolute atomic E-state index is 13.5. The summed E-state index contributed by atoms with van der Waals surface area (Å²) >= 11 is 5.43. The molecule has 0 fully saturated rings. The summed E-state index contributed by atoms with van der Waals surface area (Å²) in [6.07, 6.45) is 2.89. The van der Waals surface area contributed by atoms with E-state index in [2.05, 4.69) is 30.4 Å². The summed E-state index contributed by atoms with van der Waals surface area (Å²) in [7, 11) is -3.83. The van der Waals surface area contributed by atoms with Crippen molar-refractivity contribution in [1.29, 1.82) is 0 Å². The fourth-order valence-corrected chi connectivity index (χ4v) is 4.54. The first-order valence-corrected chi connectivity index (χ1v) is 12.4. The van der Waals surface area contributed by atoms with Gasteiger partial charge in [-0.25, -0.2) is 27.5 Å². The summed E-state index contributed by atoms with van der Waals surface area (Å²) in [6.45, 7) is 4.17. The highest BCUT2D eigenvalue weighted by atomic mass is 32.2. The number of aryl methyl sites for hydroxylation is 1. The van der Waals surface area contributed by atoms with Gasteiger partial charge < -0.3 is 10.6 Å². The van der Waals surface area contributed by atoms with Crippen molar-refractivity contribution in [3.63, 3.8) is 0 Å². The van der Waals surface area contributed by atoms with Gasteiger partial charge in [0.1, 0.15) is 5.82 Å². The van der Waals surface area contributed by atoms with Crippen molar-refractivity contribution in [2.24, 2.45) is 0 Å². The lowest BCUT2D eigenvalue weighted by Gasteiger charge is -2.12. The van der Waals surface area contributed by atoms with Crippen LogP contribution in [0.1, 0.15) is 17.0 Å². The second-order valence-corrected chi connectivity index (χ2v) is 9.71. The average molecular weight is 512 g/mol. The van der Waals surface area contributed by atoms with Crippen molar-refractivity contribution in [1.82, 2.24) is 19.7 Å². The van der Waals surface area contributed by atoms with Crippen LogP contribution in [0.5, 0.6) is 0 Å². The first-order chi connectivity index (χ1) is 16.7. The molecule has 0 saturated heterocycles.